The van der Waals surface area contributed by atoms with Gasteiger partial charge in [0.25, 0.3) is 0 Å². The van der Waals surface area contributed by atoms with Gasteiger partial charge in [-0.25, -0.2) is 0 Å². The Morgan fingerprint density at radius 2 is 1.09 bits per heavy atom. The molecule has 0 spiro atoms. The summed E-state index contributed by atoms with van der Waals surface area (Å²) >= 11 is 0. The molecule has 0 aliphatic heterocycles. The van der Waals surface area contributed by atoms with Crippen molar-refractivity contribution in [2.45, 2.75) is 52.2 Å². The lowest BCUT2D eigenvalue weighted by molar-refractivity contribution is 0.235. The van der Waals surface area contributed by atoms with Crippen LogP contribution in [0.3, 0.4) is 0 Å². The highest BCUT2D eigenvalue weighted by atomic mass is 31.2. The average Bonchev–Trinajstić information content (AvgIpc) is 2.79. The molecule has 3 aromatic carbocycles. The molecule has 0 unspecified atom stereocenters. The van der Waals surface area contributed by atoms with Crippen LogP contribution in [-0.2, 0) is 4.43 Å². The monoisotopic (exact) mass is 463 g/mol. The number of hydrogen-bond donors (Lipinski definition) is 0. The van der Waals surface area contributed by atoms with Crippen LogP contribution < -0.4 is 15.9 Å². The molecule has 0 amide bonds. The van der Waals surface area contributed by atoms with E-state index in [-0.39, 0.29) is 5.04 Å². The highest BCUT2D eigenvalue weighted by Gasteiger charge is 2.45. The van der Waals surface area contributed by atoms with Crippen molar-refractivity contribution in [1.29, 1.82) is 0 Å². The Bertz CT molecular complexity index is 852. The SMILES string of the molecule is C[C@@H](CC[P+](c1ccccc1)(c1ccccc1)c1ccccc1)CO[Si](C)(C)C(C)(C)C. The maximum atomic E-state index is 6.59. The molecule has 3 rings (SSSR count). The lowest BCUT2D eigenvalue weighted by Crippen LogP contribution is -2.42. The minimum absolute atomic E-state index is 0.252. The van der Waals surface area contributed by atoms with Gasteiger partial charge >= 0.3 is 0 Å². The predicted molar refractivity (Wildman–Crippen MR) is 147 cm³/mol. The Labute approximate surface area is 197 Å². The summed E-state index contributed by atoms with van der Waals surface area (Å²) in [5.41, 5.74) is 0. The summed E-state index contributed by atoms with van der Waals surface area (Å²) in [5.74, 6) is 0.527. The van der Waals surface area contributed by atoms with Crippen molar-refractivity contribution in [3.05, 3.63) is 91.0 Å². The maximum absolute atomic E-state index is 6.59. The van der Waals surface area contributed by atoms with E-state index in [0.717, 1.165) is 19.2 Å². The summed E-state index contributed by atoms with van der Waals surface area (Å²) in [6.07, 6.45) is 2.31. The highest BCUT2D eigenvalue weighted by Crippen LogP contribution is 2.56. The molecule has 0 aliphatic carbocycles. The van der Waals surface area contributed by atoms with Gasteiger partial charge in [0.05, 0.1) is 6.16 Å². The van der Waals surface area contributed by atoms with E-state index in [1.165, 1.54) is 15.9 Å². The van der Waals surface area contributed by atoms with Gasteiger partial charge in [0.2, 0.25) is 0 Å². The van der Waals surface area contributed by atoms with Gasteiger partial charge in [-0.3, -0.25) is 0 Å². The highest BCUT2D eigenvalue weighted by molar-refractivity contribution is 7.95. The standard InChI is InChI=1S/C29H40OPSi/c1-25(24-30-32(5,6)29(2,3)4)22-23-31(26-16-10-7-11-17-26,27-18-12-8-13-19-27)28-20-14-9-15-21-28/h7-21,25H,22-24H2,1-6H3/q+1/t25-/m0/s1. The van der Waals surface area contributed by atoms with Crippen molar-refractivity contribution in [2.75, 3.05) is 12.8 Å². The minimum atomic E-state index is -1.75. The van der Waals surface area contributed by atoms with Crippen LogP contribution in [-0.4, -0.2) is 21.1 Å². The van der Waals surface area contributed by atoms with Crippen molar-refractivity contribution in [3.63, 3.8) is 0 Å². The van der Waals surface area contributed by atoms with Crippen LogP contribution in [0.25, 0.3) is 0 Å². The van der Waals surface area contributed by atoms with E-state index < -0.39 is 15.6 Å². The van der Waals surface area contributed by atoms with Gasteiger partial charge in [-0.2, -0.15) is 0 Å². The third kappa shape index (κ3) is 5.60. The fraction of sp³-hybridized carbons (Fsp3) is 0.379. The van der Waals surface area contributed by atoms with Gasteiger partial charge < -0.3 is 4.43 Å². The van der Waals surface area contributed by atoms with E-state index in [2.05, 4.69) is 132 Å². The van der Waals surface area contributed by atoms with Crippen molar-refractivity contribution < 1.29 is 4.43 Å². The summed E-state index contributed by atoms with van der Waals surface area (Å²) in [6.45, 7) is 14.9. The van der Waals surface area contributed by atoms with Crippen LogP contribution in [0.1, 0.15) is 34.1 Å². The predicted octanol–water partition coefficient (Wildman–Crippen LogP) is 7.03. The molecule has 0 radical (unpaired) electrons. The second-order valence-corrected chi connectivity index (χ2v) is 18.9. The topological polar surface area (TPSA) is 9.23 Å². The zero-order valence-corrected chi connectivity index (χ0v) is 22.6. The fourth-order valence-electron chi connectivity index (χ4n) is 3.95. The molecule has 0 N–H and O–H groups in total. The summed E-state index contributed by atoms with van der Waals surface area (Å²) < 4.78 is 6.59. The van der Waals surface area contributed by atoms with Crippen molar-refractivity contribution in [2.24, 2.45) is 5.92 Å². The normalized spacial score (nSPS) is 13.7. The molecule has 0 aromatic heterocycles. The van der Waals surface area contributed by atoms with Crippen molar-refractivity contribution in [3.8, 4) is 0 Å². The molecular weight excluding hydrogens is 423 g/mol. The first-order valence-corrected chi connectivity index (χ1v) is 16.7. The fourth-order valence-corrected chi connectivity index (χ4v) is 9.62. The Morgan fingerprint density at radius 1 is 0.719 bits per heavy atom. The first-order valence-electron chi connectivity index (χ1n) is 11.9. The number of hydrogen-bond acceptors (Lipinski definition) is 1. The second-order valence-electron chi connectivity index (χ2n) is 10.5. The van der Waals surface area contributed by atoms with Crippen LogP contribution >= 0.6 is 7.26 Å². The van der Waals surface area contributed by atoms with Crippen molar-refractivity contribution >= 4 is 31.5 Å². The summed E-state index contributed by atoms with van der Waals surface area (Å²) in [7, 11) is -3.47. The first kappa shape index (κ1) is 24.9. The average molecular weight is 464 g/mol. The lowest BCUT2D eigenvalue weighted by atomic mass is 10.1. The van der Waals surface area contributed by atoms with E-state index in [4.69, 9.17) is 4.43 Å². The molecular formula is C29H40OPSi+. The minimum Gasteiger partial charge on any atom is -0.417 e. The Kier molecular flexibility index (Phi) is 8.14. The molecule has 0 saturated carbocycles. The van der Waals surface area contributed by atoms with Crippen molar-refractivity contribution in [1.82, 2.24) is 0 Å². The molecule has 0 saturated heterocycles. The zero-order chi connectivity index (χ0) is 23.2. The second kappa shape index (κ2) is 10.5. The Balaban J connectivity index is 1.94. The molecule has 1 atom stereocenters. The molecule has 0 bridgehead atoms. The van der Waals surface area contributed by atoms with Crippen LogP contribution in [0.5, 0.6) is 0 Å². The lowest BCUT2D eigenvalue weighted by Gasteiger charge is -2.37. The summed E-state index contributed by atoms with van der Waals surface area (Å²) in [4.78, 5) is 0. The number of benzene rings is 3. The summed E-state index contributed by atoms with van der Waals surface area (Å²) in [6, 6.07) is 33.6. The molecule has 3 heteroatoms. The third-order valence-electron chi connectivity index (χ3n) is 7.08. The van der Waals surface area contributed by atoms with Gasteiger partial charge in [-0.05, 0) is 66.9 Å². The molecule has 0 aliphatic rings. The zero-order valence-electron chi connectivity index (χ0n) is 20.7. The number of rotatable bonds is 9. The first-order chi connectivity index (χ1) is 15.2. The summed E-state index contributed by atoms with van der Waals surface area (Å²) in [5, 5.41) is 4.65. The van der Waals surface area contributed by atoms with Gasteiger partial charge in [0, 0.05) is 6.61 Å². The molecule has 0 fully saturated rings. The maximum Gasteiger partial charge on any atom is 0.191 e. The molecule has 32 heavy (non-hydrogen) atoms. The van der Waals surface area contributed by atoms with Crippen LogP contribution in [0.15, 0.2) is 91.0 Å². The Hall–Kier alpha value is -1.73. The molecule has 170 valence electrons. The van der Waals surface area contributed by atoms with E-state index in [0.29, 0.717) is 5.92 Å². The smallest absolute Gasteiger partial charge is 0.191 e. The Morgan fingerprint density at radius 3 is 1.44 bits per heavy atom. The molecule has 0 heterocycles. The molecule has 1 nitrogen and oxygen atoms in total. The van der Waals surface area contributed by atoms with E-state index in [1.807, 2.05) is 0 Å². The van der Waals surface area contributed by atoms with E-state index in [9.17, 15) is 0 Å². The van der Waals surface area contributed by atoms with Crippen LogP contribution in [0.2, 0.25) is 18.1 Å². The van der Waals surface area contributed by atoms with Gasteiger partial charge in [-0.1, -0.05) is 82.3 Å². The van der Waals surface area contributed by atoms with Gasteiger partial charge in [-0.15, -0.1) is 0 Å². The van der Waals surface area contributed by atoms with Crippen LogP contribution in [0.4, 0.5) is 0 Å². The third-order valence-corrected chi connectivity index (χ3v) is 16.1. The van der Waals surface area contributed by atoms with Crippen LogP contribution in [0, 0.1) is 5.92 Å². The van der Waals surface area contributed by atoms with E-state index >= 15 is 0 Å². The van der Waals surface area contributed by atoms with E-state index in [1.54, 1.807) is 0 Å². The quantitative estimate of drug-likeness (QED) is 0.244. The van der Waals surface area contributed by atoms with Gasteiger partial charge in [0.15, 0.2) is 8.32 Å². The molecule has 3 aromatic rings. The van der Waals surface area contributed by atoms with Gasteiger partial charge in [0.1, 0.15) is 23.2 Å². The largest absolute Gasteiger partial charge is 0.417 e.